The molecule has 1 N–H and O–H groups in total. The molecule has 0 aromatic rings. The Morgan fingerprint density at radius 2 is 1.58 bits per heavy atom. The van der Waals surface area contributed by atoms with Crippen LogP contribution < -0.4 is 5.32 Å². The Morgan fingerprint density at radius 1 is 0.947 bits per heavy atom. The van der Waals surface area contributed by atoms with Crippen molar-refractivity contribution in [2.45, 2.75) is 53.6 Å². The summed E-state index contributed by atoms with van der Waals surface area (Å²) in [7, 11) is 0. The second-order valence-electron chi connectivity index (χ2n) is 7.54. The largest absolute Gasteiger partial charge is 0.382 e. The summed E-state index contributed by atoms with van der Waals surface area (Å²) in [6.45, 7) is 13.5. The van der Waals surface area contributed by atoms with Crippen LogP contribution in [0.5, 0.6) is 0 Å². The lowest BCUT2D eigenvalue weighted by Crippen LogP contribution is -2.35. The Morgan fingerprint density at radius 3 is 2.11 bits per heavy atom. The lowest BCUT2D eigenvalue weighted by atomic mass is 9.83. The molecule has 2 heterocycles. The molecule has 0 bridgehead atoms. The van der Waals surface area contributed by atoms with E-state index in [2.05, 4.69) is 76.3 Å². The molecule has 19 heavy (non-hydrogen) atoms. The fourth-order valence-corrected chi connectivity index (χ4v) is 2.32. The first-order chi connectivity index (χ1) is 8.68. The maximum absolute atomic E-state index is 4.67. The van der Waals surface area contributed by atoms with Gasteiger partial charge in [0, 0.05) is 6.21 Å². The smallest absolute Gasteiger partial charge is 0.0923 e. The van der Waals surface area contributed by atoms with Crippen molar-refractivity contribution in [1.82, 2.24) is 5.32 Å². The average Bonchev–Trinajstić information content (AvgIpc) is 2.77. The Labute approximate surface area is 117 Å². The first kappa shape index (κ1) is 14.1. The fraction of sp³-hybridized carbons (Fsp3) is 0.588. The topological polar surface area (TPSA) is 24.4 Å². The number of dihydropyridines is 1. The normalized spacial score (nSPS) is 27.1. The number of rotatable bonds is 1. The van der Waals surface area contributed by atoms with Crippen LogP contribution in [0.3, 0.4) is 0 Å². The zero-order valence-corrected chi connectivity index (χ0v) is 13.0. The Balaban J connectivity index is 2.18. The third kappa shape index (κ3) is 3.17. The summed E-state index contributed by atoms with van der Waals surface area (Å²) in [6, 6.07) is 0.492. The fourth-order valence-electron chi connectivity index (χ4n) is 2.32. The quantitative estimate of drug-likeness (QED) is 0.758. The van der Waals surface area contributed by atoms with Crippen LogP contribution in [0.4, 0.5) is 0 Å². The van der Waals surface area contributed by atoms with E-state index in [4.69, 9.17) is 0 Å². The summed E-state index contributed by atoms with van der Waals surface area (Å²) >= 11 is 0. The van der Waals surface area contributed by atoms with E-state index in [0.717, 1.165) is 0 Å². The SMILES string of the molecule is CC(C)(C)C1=CC(C2C=C(C(C)(C)C)C=CN2)N=C1. The van der Waals surface area contributed by atoms with E-state index in [0.29, 0.717) is 0 Å². The van der Waals surface area contributed by atoms with Crippen molar-refractivity contribution in [3.05, 3.63) is 35.6 Å². The molecular weight excluding hydrogens is 232 g/mol. The molecule has 2 unspecified atom stereocenters. The molecule has 0 spiro atoms. The van der Waals surface area contributed by atoms with Crippen LogP contribution in [0.15, 0.2) is 40.6 Å². The first-order valence-electron chi connectivity index (χ1n) is 7.08. The molecule has 0 radical (unpaired) electrons. The Hall–Kier alpha value is -1.31. The van der Waals surface area contributed by atoms with Crippen molar-refractivity contribution in [2.75, 3.05) is 0 Å². The molecule has 0 fully saturated rings. The van der Waals surface area contributed by atoms with Gasteiger partial charge in [-0.05, 0) is 34.3 Å². The third-order valence-electron chi connectivity index (χ3n) is 3.75. The number of nitrogens with zero attached hydrogens (tertiary/aromatic N) is 1. The molecule has 2 heteroatoms. The van der Waals surface area contributed by atoms with E-state index in [1.54, 1.807) is 0 Å². The van der Waals surface area contributed by atoms with Crippen LogP contribution in [0, 0.1) is 10.8 Å². The van der Waals surface area contributed by atoms with Gasteiger partial charge in [-0.2, -0.15) is 0 Å². The molecule has 0 aliphatic carbocycles. The molecule has 2 aliphatic heterocycles. The maximum Gasteiger partial charge on any atom is 0.0923 e. The number of allylic oxidation sites excluding steroid dienone is 3. The second-order valence-corrected chi connectivity index (χ2v) is 7.54. The van der Waals surface area contributed by atoms with Crippen LogP contribution in [0.2, 0.25) is 0 Å². The molecule has 0 saturated carbocycles. The van der Waals surface area contributed by atoms with Gasteiger partial charge in [-0.25, -0.2) is 0 Å². The average molecular weight is 258 g/mol. The molecule has 104 valence electrons. The number of nitrogens with one attached hydrogen (secondary N) is 1. The van der Waals surface area contributed by atoms with E-state index in [-0.39, 0.29) is 22.9 Å². The molecule has 2 atom stereocenters. The highest BCUT2D eigenvalue weighted by molar-refractivity contribution is 5.83. The summed E-state index contributed by atoms with van der Waals surface area (Å²) in [5.74, 6) is 0. The highest BCUT2D eigenvalue weighted by atomic mass is 15.0. The molecule has 0 saturated heterocycles. The highest BCUT2D eigenvalue weighted by Crippen LogP contribution is 2.31. The molecule has 2 aliphatic rings. The van der Waals surface area contributed by atoms with Crippen LogP contribution in [0.1, 0.15) is 41.5 Å². The zero-order chi connectivity index (χ0) is 14.3. The molecular formula is C17H26N2. The van der Waals surface area contributed by atoms with E-state index in [1.807, 2.05) is 6.21 Å². The standard InChI is InChI=1S/C17H26N2/c1-16(2,3)12-7-8-18-14(9-12)15-10-13(11-19-15)17(4,5)6/h7-11,14-15,18H,1-6H3. The Kier molecular flexibility index (Phi) is 3.46. The zero-order valence-electron chi connectivity index (χ0n) is 13.0. The van der Waals surface area contributed by atoms with Gasteiger partial charge in [0.2, 0.25) is 0 Å². The first-order valence-corrected chi connectivity index (χ1v) is 7.08. The van der Waals surface area contributed by atoms with Crippen LogP contribution in [-0.2, 0) is 0 Å². The van der Waals surface area contributed by atoms with Crippen molar-refractivity contribution in [3.63, 3.8) is 0 Å². The third-order valence-corrected chi connectivity index (χ3v) is 3.75. The lowest BCUT2D eigenvalue weighted by Gasteiger charge is -2.28. The van der Waals surface area contributed by atoms with Gasteiger partial charge in [0.25, 0.3) is 0 Å². The van der Waals surface area contributed by atoms with Crippen molar-refractivity contribution in [3.8, 4) is 0 Å². The predicted octanol–water partition coefficient (Wildman–Crippen LogP) is 3.87. The molecule has 2 rings (SSSR count). The van der Waals surface area contributed by atoms with Crippen molar-refractivity contribution in [2.24, 2.45) is 15.8 Å². The monoisotopic (exact) mass is 258 g/mol. The van der Waals surface area contributed by atoms with Crippen LogP contribution in [0.25, 0.3) is 0 Å². The van der Waals surface area contributed by atoms with Gasteiger partial charge in [-0.15, -0.1) is 0 Å². The van der Waals surface area contributed by atoms with Gasteiger partial charge in [-0.1, -0.05) is 53.7 Å². The predicted molar refractivity (Wildman–Crippen MR) is 83.4 cm³/mol. The van der Waals surface area contributed by atoms with Gasteiger partial charge in [0.05, 0.1) is 12.1 Å². The van der Waals surface area contributed by atoms with E-state index in [1.165, 1.54) is 11.1 Å². The molecule has 0 amide bonds. The molecule has 2 nitrogen and oxygen atoms in total. The van der Waals surface area contributed by atoms with Gasteiger partial charge in [-0.3, -0.25) is 4.99 Å². The van der Waals surface area contributed by atoms with Crippen molar-refractivity contribution >= 4 is 6.21 Å². The summed E-state index contributed by atoms with van der Waals surface area (Å²) in [6.07, 6.45) is 10.9. The van der Waals surface area contributed by atoms with Gasteiger partial charge >= 0.3 is 0 Å². The minimum atomic E-state index is 0.180. The van der Waals surface area contributed by atoms with Gasteiger partial charge in [0.1, 0.15) is 0 Å². The summed E-state index contributed by atoms with van der Waals surface area (Å²) in [5.41, 5.74) is 3.08. The molecule has 0 aromatic carbocycles. The number of aliphatic imine (C=N–C) groups is 1. The van der Waals surface area contributed by atoms with Crippen molar-refractivity contribution in [1.29, 1.82) is 0 Å². The minimum Gasteiger partial charge on any atom is -0.382 e. The van der Waals surface area contributed by atoms with E-state index < -0.39 is 0 Å². The summed E-state index contributed by atoms with van der Waals surface area (Å²) in [5, 5.41) is 3.42. The minimum absolute atomic E-state index is 0.180. The highest BCUT2D eigenvalue weighted by Gasteiger charge is 2.27. The number of hydrogen-bond acceptors (Lipinski definition) is 2. The van der Waals surface area contributed by atoms with E-state index in [9.17, 15) is 0 Å². The van der Waals surface area contributed by atoms with E-state index >= 15 is 0 Å². The second kappa shape index (κ2) is 4.66. The number of hydrogen-bond donors (Lipinski definition) is 1. The molecule has 0 aromatic heterocycles. The maximum atomic E-state index is 4.67. The van der Waals surface area contributed by atoms with Crippen molar-refractivity contribution < 1.29 is 0 Å². The summed E-state index contributed by atoms with van der Waals surface area (Å²) in [4.78, 5) is 4.67. The van der Waals surface area contributed by atoms with Crippen LogP contribution >= 0.6 is 0 Å². The van der Waals surface area contributed by atoms with Gasteiger partial charge < -0.3 is 5.32 Å². The van der Waals surface area contributed by atoms with Gasteiger partial charge in [0.15, 0.2) is 0 Å². The Bertz CT molecular complexity index is 464. The lowest BCUT2D eigenvalue weighted by molar-refractivity contribution is 0.497. The van der Waals surface area contributed by atoms with Crippen LogP contribution in [-0.4, -0.2) is 18.3 Å². The summed E-state index contributed by atoms with van der Waals surface area (Å²) < 4.78 is 0.